The Hall–Kier alpha value is -3.41. The lowest BCUT2D eigenvalue weighted by atomic mass is 9.69. The van der Waals surface area contributed by atoms with Crippen molar-refractivity contribution >= 4 is 23.4 Å². The van der Waals surface area contributed by atoms with Crippen molar-refractivity contribution in [3.8, 4) is 0 Å². The zero-order valence-corrected chi connectivity index (χ0v) is 16.3. The normalized spacial score (nSPS) is 19.4. The van der Waals surface area contributed by atoms with Crippen LogP contribution in [-0.2, 0) is 32.0 Å². The standard InChI is InChI=1S/C23H21NO5/c1-14-17-10-6-7-11-18(17)20(25)24-13-16-9-5-4-8-15(16)12-23(19(14)24,21(26)28-2)22(27)29-3/h4-11,19H,1,12-13H2,2-3H3. The Bertz CT molecular complexity index is 1030. The SMILES string of the molecule is C=C1c2ccccc2C(=O)N2Cc3ccccc3CC(C(=O)OC)(C(=O)OC)C12. The number of nitrogens with zero attached hydrogens (tertiary/aromatic N) is 1. The molecule has 148 valence electrons. The van der Waals surface area contributed by atoms with Gasteiger partial charge in [-0.25, -0.2) is 0 Å². The Morgan fingerprint density at radius 2 is 1.52 bits per heavy atom. The van der Waals surface area contributed by atoms with Crippen LogP contribution in [-0.4, -0.2) is 43.0 Å². The van der Waals surface area contributed by atoms with Crippen molar-refractivity contribution in [3.63, 3.8) is 0 Å². The number of fused-ring (bicyclic) bond motifs is 3. The number of hydrogen-bond donors (Lipinski definition) is 0. The van der Waals surface area contributed by atoms with Crippen LogP contribution in [0.2, 0.25) is 0 Å². The van der Waals surface area contributed by atoms with Gasteiger partial charge in [0.1, 0.15) is 0 Å². The molecular formula is C23H21NO5. The summed E-state index contributed by atoms with van der Waals surface area (Å²) in [5, 5.41) is 0. The highest BCUT2D eigenvalue weighted by molar-refractivity contribution is 6.10. The lowest BCUT2D eigenvalue weighted by molar-refractivity contribution is -0.172. The molecule has 29 heavy (non-hydrogen) atoms. The summed E-state index contributed by atoms with van der Waals surface area (Å²) >= 11 is 0. The number of hydrogen-bond acceptors (Lipinski definition) is 5. The summed E-state index contributed by atoms with van der Waals surface area (Å²) < 4.78 is 10.2. The molecule has 1 atom stereocenters. The van der Waals surface area contributed by atoms with Crippen LogP contribution in [0.4, 0.5) is 0 Å². The van der Waals surface area contributed by atoms with Crippen LogP contribution in [0.15, 0.2) is 55.1 Å². The lowest BCUT2D eigenvalue weighted by Crippen LogP contribution is -2.60. The van der Waals surface area contributed by atoms with Crippen LogP contribution < -0.4 is 0 Å². The maximum Gasteiger partial charge on any atom is 0.326 e. The van der Waals surface area contributed by atoms with Crippen LogP contribution in [0.5, 0.6) is 0 Å². The molecule has 2 heterocycles. The first-order valence-electron chi connectivity index (χ1n) is 9.28. The van der Waals surface area contributed by atoms with Crippen molar-refractivity contribution in [1.29, 1.82) is 0 Å². The van der Waals surface area contributed by atoms with E-state index >= 15 is 0 Å². The van der Waals surface area contributed by atoms with Gasteiger partial charge in [0.05, 0.1) is 20.3 Å². The molecule has 2 aliphatic rings. The van der Waals surface area contributed by atoms with Crippen molar-refractivity contribution in [2.45, 2.75) is 19.0 Å². The number of amides is 1. The topological polar surface area (TPSA) is 72.9 Å². The quantitative estimate of drug-likeness (QED) is 0.581. The number of carbonyl (C=O) groups is 3. The second-order valence-corrected chi connectivity index (χ2v) is 7.31. The summed E-state index contributed by atoms with van der Waals surface area (Å²) in [5.41, 5.74) is 1.55. The smallest absolute Gasteiger partial charge is 0.326 e. The van der Waals surface area contributed by atoms with E-state index in [0.29, 0.717) is 16.7 Å². The van der Waals surface area contributed by atoms with Crippen LogP contribution >= 0.6 is 0 Å². The molecule has 1 unspecified atom stereocenters. The second kappa shape index (κ2) is 6.88. The third kappa shape index (κ3) is 2.59. The molecule has 1 amide bonds. The highest BCUT2D eigenvalue weighted by Gasteiger charge is 2.61. The molecule has 0 aliphatic carbocycles. The summed E-state index contributed by atoms with van der Waals surface area (Å²) in [5.74, 6) is -1.75. The zero-order chi connectivity index (χ0) is 20.8. The van der Waals surface area contributed by atoms with Gasteiger partial charge in [-0.15, -0.1) is 0 Å². The molecule has 0 radical (unpaired) electrons. The van der Waals surface area contributed by atoms with Crippen molar-refractivity contribution in [2.75, 3.05) is 14.2 Å². The van der Waals surface area contributed by atoms with E-state index in [-0.39, 0.29) is 18.9 Å². The molecule has 6 nitrogen and oxygen atoms in total. The van der Waals surface area contributed by atoms with Crippen molar-refractivity contribution < 1.29 is 23.9 Å². The highest BCUT2D eigenvalue weighted by Crippen LogP contribution is 2.47. The van der Waals surface area contributed by atoms with Crippen LogP contribution in [0, 0.1) is 5.41 Å². The number of esters is 2. The van der Waals surface area contributed by atoms with E-state index in [0.717, 1.165) is 11.1 Å². The minimum atomic E-state index is -1.75. The van der Waals surface area contributed by atoms with Crippen LogP contribution in [0.1, 0.15) is 27.0 Å². The molecule has 0 spiro atoms. The molecule has 0 fully saturated rings. The summed E-state index contributed by atoms with van der Waals surface area (Å²) in [6, 6.07) is 13.6. The van der Waals surface area contributed by atoms with Crippen LogP contribution in [0.25, 0.3) is 5.57 Å². The van der Waals surface area contributed by atoms with E-state index in [1.807, 2.05) is 24.3 Å². The van der Waals surface area contributed by atoms with Gasteiger partial charge < -0.3 is 14.4 Å². The largest absolute Gasteiger partial charge is 0.468 e. The van der Waals surface area contributed by atoms with E-state index in [4.69, 9.17) is 9.47 Å². The molecule has 2 aromatic rings. The second-order valence-electron chi connectivity index (χ2n) is 7.31. The van der Waals surface area contributed by atoms with E-state index < -0.39 is 23.4 Å². The molecule has 0 saturated heterocycles. The predicted molar refractivity (Wildman–Crippen MR) is 106 cm³/mol. The first kappa shape index (κ1) is 18.9. The van der Waals surface area contributed by atoms with E-state index in [2.05, 4.69) is 6.58 Å². The number of methoxy groups -OCH3 is 2. The van der Waals surface area contributed by atoms with Gasteiger partial charge in [0.25, 0.3) is 5.91 Å². The van der Waals surface area contributed by atoms with E-state index in [1.54, 1.807) is 29.2 Å². The highest BCUT2D eigenvalue weighted by atomic mass is 16.5. The van der Waals surface area contributed by atoms with Crippen LogP contribution in [0.3, 0.4) is 0 Å². The minimum absolute atomic E-state index is 0.0537. The Balaban J connectivity index is 2.04. The third-order valence-corrected chi connectivity index (χ3v) is 5.90. The molecule has 0 N–H and O–H groups in total. The Morgan fingerprint density at radius 3 is 2.14 bits per heavy atom. The predicted octanol–water partition coefficient (Wildman–Crippen LogP) is 2.61. The number of carbonyl (C=O) groups excluding carboxylic acids is 3. The Kier molecular flexibility index (Phi) is 4.49. The van der Waals surface area contributed by atoms with Gasteiger partial charge in [-0.05, 0) is 28.3 Å². The monoisotopic (exact) mass is 391 g/mol. The molecule has 6 heteroatoms. The first-order valence-corrected chi connectivity index (χ1v) is 9.28. The lowest BCUT2D eigenvalue weighted by Gasteiger charge is -2.44. The average molecular weight is 391 g/mol. The summed E-state index contributed by atoms with van der Waals surface area (Å²) in [4.78, 5) is 41.3. The fraction of sp³-hybridized carbons (Fsp3) is 0.261. The molecule has 2 aromatic carbocycles. The maximum absolute atomic E-state index is 13.4. The molecule has 4 rings (SSSR count). The summed E-state index contributed by atoms with van der Waals surface area (Å²) in [6.45, 7) is 4.45. The van der Waals surface area contributed by atoms with E-state index in [9.17, 15) is 14.4 Å². The third-order valence-electron chi connectivity index (χ3n) is 5.90. The Labute approximate surface area is 168 Å². The molecule has 0 bridgehead atoms. The van der Waals surface area contributed by atoms with Gasteiger partial charge in [0.2, 0.25) is 0 Å². The fourth-order valence-corrected chi connectivity index (χ4v) is 4.56. The molecule has 0 aromatic heterocycles. The van der Waals surface area contributed by atoms with Gasteiger partial charge >= 0.3 is 11.9 Å². The fourth-order valence-electron chi connectivity index (χ4n) is 4.56. The molecule has 2 aliphatic heterocycles. The number of ether oxygens (including phenoxy) is 2. The maximum atomic E-state index is 13.4. The summed E-state index contributed by atoms with van der Waals surface area (Å²) in [6.07, 6.45) is 0.0537. The van der Waals surface area contributed by atoms with Gasteiger partial charge in [0, 0.05) is 18.5 Å². The number of rotatable bonds is 2. The zero-order valence-electron chi connectivity index (χ0n) is 16.3. The van der Waals surface area contributed by atoms with Crippen molar-refractivity contribution in [1.82, 2.24) is 4.90 Å². The van der Waals surface area contributed by atoms with Gasteiger partial charge in [-0.2, -0.15) is 0 Å². The molecular weight excluding hydrogens is 370 g/mol. The summed E-state index contributed by atoms with van der Waals surface area (Å²) in [7, 11) is 2.46. The number of benzene rings is 2. The van der Waals surface area contributed by atoms with Gasteiger partial charge in [-0.3, -0.25) is 14.4 Å². The molecule has 0 saturated carbocycles. The van der Waals surface area contributed by atoms with Crippen molar-refractivity contribution in [3.05, 3.63) is 77.4 Å². The first-order chi connectivity index (χ1) is 14.0. The van der Waals surface area contributed by atoms with Crippen molar-refractivity contribution in [2.24, 2.45) is 5.41 Å². The minimum Gasteiger partial charge on any atom is -0.468 e. The van der Waals surface area contributed by atoms with E-state index in [1.165, 1.54) is 14.2 Å². The Morgan fingerprint density at radius 1 is 0.966 bits per heavy atom. The van der Waals surface area contributed by atoms with Gasteiger partial charge in [0.15, 0.2) is 5.41 Å². The average Bonchev–Trinajstić information content (AvgIpc) is 2.92. The van der Waals surface area contributed by atoms with Gasteiger partial charge in [-0.1, -0.05) is 49.0 Å².